The number of methoxy groups -OCH3 is 1. The first-order valence-corrected chi connectivity index (χ1v) is 6.29. The monoisotopic (exact) mass is 212 g/mol. The van der Waals surface area contributed by atoms with Crippen molar-refractivity contribution in [2.24, 2.45) is 11.8 Å². The van der Waals surface area contributed by atoms with Crippen molar-refractivity contribution >= 4 is 5.78 Å². The number of carbonyl (C=O) groups is 1. The van der Waals surface area contributed by atoms with Crippen molar-refractivity contribution in [3.8, 4) is 0 Å². The van der Waals surface area contributed by atoms with Crippen LogP contribution in [0.5, 0.6) is 0 Å². The first-order chi connectivity index (χ1) is 7.27. The summed E-state index contributed by atoms with van der Waals surface area (Å²) in [6.07, 6.45) is 7.65. The highest BCUT2D eigenvalue weighted by molar-refractivity contribution is 5.81. The van der Waals surface area contributed by atoms with E-state index in [2.05, 4.69) is 6.92 Å². The fourth-order valence-corrected chi connectivity index (χ4v) is 2.49. The Morgan fingerprint density at radius 3 is 2.87 bits per heavy atom. The molecule has 0 spiro atoms. The number of carbonyl (C=O) groups excluding carboxylic acids is 1. The second-order valence-electron chi connectivity index (χ2n) is 4.70. The van der Waals surface area contributed by atoms with E-state index in [1.54, 1.807) is 7.11 Å². The van der Waals surface area contributed by atoms with E-state index in [4.69, 9.17) is 4.74 Å². The minimum atomic E-state index is 0.362. The van der Waals surface area contributed by atoms with E-state index >= 15 is 0 Å². The van der Waals surface area contributed by atoms with Crippen LogP contribution in [0.4, 0.5) is 0 Å². The number of Topliss-reactive ketones (excluding diaryl/α,β-unsaturated/α-hetero) is 1. The number of hydrogen-bond acceptors (Lipinski definition) is 2. The average molecular weight is 212 g/mol. The minimum Gasteiger partial charge on any atom is -0.385 e. The van der Waals surface area contributed by atoms with Crippen LogP contribution < -0.4 is 0 Å². The topological polar surface area (TPSA) is 26.3 Å². The van der Waals surface area contributed by atoms with Crippen LogP contribution in [0.15, 0.2) is 0 Å². The lowest BCUT2D eigenvalue weighted by Crippen LogP contribution is -2.24. The molecular weight excluding hydrogens is 188 g/mol. The number of hydrogen-bond donors (Lipinski definition) is 0. The van der Waals surface area contributed by atoms with Gasteiger partial charge in [0.2, 0.25) is 0 Å². The maximum atomic E-state index is 11.7. The first kappa shape index (κ1) is 12.7. The molecule has 1 aliphatic rings. The minimum absolute atomic E-state index is 0.362. The van der Waals surface area contributed by atoms with Crippen molar-refractivity contribution in [3.05, 3.63) is 0 Å². The molecule has 0 aromatic rings. The fourth-order valence-electron chi connectivity index (χ4n) is 2.49. The number of ketones is 1. The predicted molar refractivity (Wildman–Crippen MR) is 61.9 cm³/mol. The van der Waals surface area contributed by atoms with Gasteiger partial charge in [0.15, 0.2) is 0 Å². The van der Waals surface area contributed by atoms with E-state index in [0.29, 0.717) is 11.7 Å². The second-order valence-corrected chi connectivity index (χ2v) is 4.70. The van der Waals surface area contributed by atoms with Crippen LogP contribution in [0.25, 0.3) is 0 Å². The smallest absolute Gasteiger partial charge is 0.135 e. The van der Waals surface area contributed by atoms with Gasteiger partial charge >= 0.3 is 0 Å². The van der Waals surface area contributed by atoms with Gasteiger partial charge in [-0.05, 0) is 31.6 Å². The van der Waals surface area contributed by atoms with E-state index in [-0.39, 0.29) is 0 Å². The molecule has 0 bridgehead atoms. The molecule has 0 aromatic carbocycles. The summed E-state index contributed by atoms with van der Waals surface area (Å²) in [4.78, 5) is 11.7. The average Bonchev–Trinajstić information content (AvgIpc) is 2.26. The molecule has 2 nitrogen and oxygen atoms in total. The van der Waals surface area contributed by atoms with Crippen molar-refractivity contribution in [1.82, 2.24) is 0 Å². The SMILES string of the molecule is CCC1CCC(=O)C(CCCCOC)C1. The zero-order chi connectivity index (χ0) is 11.1. The van der Waals surface area contributed by atoms with Crippen LogP contribution in [-0.4, -0.2) is 19.5 Å². The van der Waals surface area contributed by atoms with Crippen LogP contribution in [0.2, 0.25) is 0 Å². The van der Waals surface area contributed by atoms with Crippen LogP contribution >= 0.6 is 0 Å². The third-order valence-electron chi connectivity index (χ3n) is 3.60. The molecule has 0 aliphatic heterocycles. The molecule has 2 atom stereocenters. The normalized spacial score (nSPS) is 26.9. The molecule has 0 N–H and O–H groups in total. The summed E-state index contributed by atoms with van der Waals surface area (Å²) in [5.74, 6) is 1.67. The molecule has 0 aromatic heterocycles. The quantitative estimate of drug-likeness (QED) is 0.632. The zero-order valence-electron chi connectivity index (χ0n) is 10.1. The van der Waals surface area contributed by atoms with E-state index in [1.165, 1.54) is 6.42 Å². The Kier molecular flexibility index (Phi) is 5.92. The van der Waals surface area contributed by atoms with Gasteiger partial charge < -0.3 is 4.74 Å². The largest absolute Gasteiger partial charge is 0.385 e. The van der Waals surface area contributed by atoms with Gasteiger partial charge in [0, 0.05) is 26.1 Å². The Balaban J connectivity index is 2.22. The lowest BCUT2D eigenvalue weighted by atomic mass is 9.77. The van der Waals surface area contributed by atoms with Crippen LogP contribution in [0.1, 0.15) is 51.9 Å². The second kappa shape index (κ2) is 7.00. The molecular formula is C13H24O2. The molecule has 88 valence electrons. The highest BCUT2D eigenvalue weighted by atomic mass is 16.5. The Labute approximate surface area is 93.4 Å². The molecule has 1 saturated carbocycles. The van der Waals surface area contributed by atoms with Crippen LogP contribution in [0.3, 0.4) is 0 Å². The molecule has 0 radical (unpaired) electrons. The molecule has 0 saturated heterocycles. The molecule has 15 heavy (non-hydrogen) atoms. The summed E-state index contributed by atoms with van der Waals surface area (Å²) in [5.41, 5.74) is 0. The predicted octanol–water partition coefficient (Wildman–Crippen LogP) is 3.20. The van der Waals surface area contributed by atoms with Gasteiger partial charge in [-0.3, -0.25) is 4.79 Å². The van der Waals surface area contributed by atoms with Gasteiger partial charge in [-0.2, -0.15) is 0 Å². The number of rotatable bonds is 6. The molecule has 0 heterocycles. The molecule has 1 aliphatic carbocycles. The molecule has 1 fully saturated rings. The van der Waals surface area contributed by atoms with Gasteiger partial charge in [0.25, 0.3) is 0 Å². The summed E-state index contributed by atoms with van der Waals surface area (Å²) in [6.45, 7) is 3.07. The Bertz CT molecular complexity index is 189. The van der Waals surface area contributed by atoms with Gasteiger partial charge in [-0.25, -0.2) is 0 Å². The number of unbranched alkanes of at least 4 members (excludes halogenated alkanes) is 1. The van der Waals surface area contributed by atoms with E-state index < -0.39 is 0 Å². The van der Waals surface area contributed by atoms with Gasteiger partial charge in [-0.1, -0.05) is 19.8 Å². The summed E-state index contributed by atoms with van der Waals surface area (Å²) in [5, 5.41) is 0. The summed E-state index contributed by atoms with van der Waals surface area (Å²) in [7, 11) is 1.73. The Hall–Kier alpha value is -0.370. The molecule has 0 amide bonds. The summed E-state index contributed by atoms with van der Waals surface area (Å²) < 4.78 is 5.02. The van der Waals surface area contributed by atoms with Gasteiger partial charge in [0.1, 0.15) is 5.78 Å². The van der Waals surface area contributed by atoms with Crippen molar-refractivity contribution in [3.63, 3.8) is 0 Å². The van der Waals surface area contributed by atoms with Gasteiger partial charge in [0.05, 0.1) is 0 Å². The van der Waals surface area contributed by atoms with Crippen molar-refractivity contribution < 1.29 is 9.53 Å². The maximum absolute atomic E-state index is 11.7. The highest BCUT2D eigenvalue weighted by Crippen LogP contribution is 2.31. The van der Waals surface area contributed by atoms with Crippen molar-refractivity contribution in [1.29, 1.82) is 0 Å². The third kappa shape index (κ3) is 4.33. The van der Waals surface area contributed by atoms with E-state index in [1.807, 2.05) is 0 Å². The molecule has 2 unspecified atom stereocenters. The Morgan fingerprint density at radius 2 is 2.20 bits per heavy atom. The Morgan fingerprint density at radius 1 is 1.40 bits per heavy atom. The third-order valence-corrected chi connectivity index (χ3v) is 3.60. The number of ether oxygens (including phenoxy) is 1. The fraction of sp³-hybridized carbons (Fsp3) is 0.923. The standard InChI is InChI=1S/C13H24O2/c1-3-11-7-8-13(14)12(10-11)6-4-5-9-15-2/h11-12H,3-10H2,1-2H3. The first-order valence-electron chi connectivity index (χ1n) is 6.29. The molecule has 1 rings (SSSR count). The van der Waals surface area contributed by atoms with Gasteiger partial charge in [-0.15, -0.1) is 0 Å². The van der Waals surface area contributed by atoms with Crippen molar-refractivity contribution in [2.45, 2.75) is 51.9 Å². The zero-order valence-corrected chi connectivity index (χ0v) is 10.1. The molecule has 2 heteroatoms. The van der Waals surface area contributed by atoms with Crippen LogP contribution in [0, 0.1) is 11.8 Å². The van der Waals surface area contributed by atoms with Crippen LogP contribution in [-0.2, 0) is 9.53 Å². The lowest BCUT2D eigenvalue weighted by Gasteiger charge is -2.27. The summed E-state index contributed by atoms with van der Waals surface area (Å²) >= 11 is 0. The lowest BCUT2D eigenvalue weighted by molar-refractivity contribution is -0.125. The maximum Gasteiger partial charge on any atom is 0.135 e. The van der Waals surface area contributed by atoms with E-state index in [0.717, 1.165) is 51.0 Å². The highest BCUT2D eigenvalue weighted by Gasteiger charge is 2.26. The van der Waals surface area contributed by atoms with E-state index in [9.17, 15) is 4.79 Å². The summed E-state index contributed by atoms with van der Waals surface area (Å²) in [6, 6.07) is 0. The van der Waals surface area contributed by atoms with Crippen molar-refractivity contribution in [2.75, 3.05) is 13.7 Å².